The highest BCUT2D eigenvalue weighted by Gasteiger charge is 2.35. The highest BCUT2D eigenvalue weighted by atomic mass is 79.9. The molecule has 1 saturated heterocycles. The zero-order valence-corrected chi connectivity index (χ0v) is 16.5. The molecule has 6 nitrogen and oxygen atoms in total. The van der Waals surface area contributed by atoms with Gasteiger partial charge in [-0.3, -0.25) is 9.59 Å². The third-order valence-electron chi connectivity index (χ3n) is 4.52. The van der Waals surface area contributed by atoms with E-state index >= 15 is 0 Å². The van der Waals surface area contributed by atoms with E-state index in [1.54, 1.807) is 41.3 Å². The topological polar surface area (TPSA) is 67.9 Å². The van der Waals surface area contributed by atoms with Crippen LogP contribution in [0.3, 0.4) is 0 Å². The number of nitrogens with zero attached hydrogens (tertiary/aromatic N) is 1. The number of nitrogens with one attached hydrogen (secondary N) is 1. The fraction of sp³-hybridized carbons (Fsp3) is 0.263. The van der Waals surface area contributed by atoms with Gasteiger partial charge in [-0.05, 0) is 30.3 Å². The Morgan fingerprint density at radius 1 is 1.15 bits per heavy atom. The molecule has 0 radical (unpaired) electrons. The minimum absolute atomic E-state index is 0.103. The molecule has 1 atom stereocenters. The van der Waals surface area contributed by atoms with E-state index in [0.29, 0.717) is 47.7 Å². The van der Waals surface area contributed by atoms with E-state index in [0.717, 1.165) is 4.47 Å². The van der Waals surface area contributed by atoms with E-state index in [1.165, 1.54) is 0 Å². The molecule has 4 rings (SSSR count). The van der Waals surface area contributed by atoms with Crippen LogP contribution in [0.1, 0.15) is 6.42 Å². The molecule has 0 spiro atoms. The van der Waals surface area contributed by atoms with Gasteiger partial charge < -0.3 is 19.7 Å². The van der Waals surface area contributed by atoms with Crippen molar-refractivity contribution >= 4 is 50.7 Å². The molecule has 2 heterocycles. The Bertz CT molecular complexity index is 921. The Balaban J connectivity index is 1.48. The summed E-state index contributed by atoms with van der Waals surface area (Å²) >= 11 is 9.48. The number of carbonyl (C=O) groups excluding carboxylic acids is 2. The lowest BCUT2D eigenvalue weighted by atomic mass is 10.1. The molecule has 0 aliphatic carbocycles. The van der Waals surface area contributed by atoms with Crippen molar-refractivity contribution in [3.8, 4) is 11.5 Å². The molecule has 2 aromatic rings. The Labute approximate surface area is 169 Å². The van der Waals surface area contributed by atoms with Crippen molar-refractivity contribution in [1.29, 1.82) is 0 Å². The second kappa shape index (κ2) is 7.40. The number of anilines is 2. The number of hydrogen-bond donors (Lipinski definition) is 1. The molecule has 1 unspecified atom stereocenters. The van der Waals surface area contributed by atoms with Crippen molar-refractivity contribution in [2.75, 3.05) is 30.0 Å². The van der Waals surface area contributed by atoms with Gasteiger partial charge in [-0.15, -0.1) is 0 Å². The number of hydrogen-bond acceptors (Lipinski definition) is 4. The van der Waals surface area contributed by atoms with E-state index in [9.17, 15) is 9.59 Å². The van der Waals surface area contributed by atoms with Crippen LogP contribution in [-0.2, 0) is 9.59 Å². The van der Waals surface area contributed by atoms with Gasteiger partial charge in [-0.25, -0.2) is 0 Å². The Morgan fingerprint density at radius 2 is 1.93 bits per heavy atom. The van der Waals surface area contributed by atoms with E-state index in [-0.39, 0.29) is 18.2 Å². The van der Waals surface area contributed by atoms with E-state index in [1.807, 2.05) is 0 Å². The van der Waals surface area contributed by atoms with Gasteiger partial charge >= 0.3 is 0 Å². The zero-order valence-electron chi connectivity index (χ0n) is 14.2. The molecule has 1 N–H and O–H groups in total. The lowest BCUT2D eigenvalue weighted by Crippen LogP contribution is -2.28. The van der Waals surface area contributed by atoms with Crippen LogP contribution in [0, 0.1) is 5.92 Å². The molecule has 0 bridgehead atoms. The van der Waals surface area contributed by atoms with Crippen LogP contribution in [0.2, 0.25) is 5.02 Å². The van der Waals surface area contributed by atoms with Gasteiger partial charge in [0.2, 0.25) is 11.8 Å². The molecule has 8 heteroatoms. The standard InChI is InChI=1S/C19H16BrClN2O4/c20-12-1-3-15(14(21)8-12)22-19(25)11-7-18(24)23(10-11)13-2-4-16-17(9-13)27-6-5-26-16/h1-4,8-9,11H,5-7,10H2,(H,22,25). The second-order valence-electron chi connectivity index (χ2n) is 6.35. The van der Waals surface area contributed by atoms with Crippen molar-refractivity contribution in [3.05, 3.63) is 45.9 Å². The van der Waals surface area contributed by atoms with Crippen LogP contribution in [-0.4, -0.2) is 31.6 Å². The number of fused-ring (bicyclic) bond motifs is 1. The predicted octanol–water partition coefficient (Wildman–Crippen LogP) is 3.87. The maximum Gasteiger partial charge on any atom is 0.229 e. The third-order valence-corrected chi connectivity index (χ3v) is 5.33. The first-order chi connectivity index (χ1) is 13.0. The number of halogens is 2. The first-order valence-electron chi connectivity index (χ1n) is 8.47. The van der Waals surface area contributed by atoms with E-state index in [4.69, 9.17) is 21.1 Å². The average molecular weight is 452 g/mol. The number of ether oxygens (including phenoxy) is 2. The normalized spacial score (nSPS) is 18.5. The maximum atomic E-state index is 12.6. The van der Waals surface area contributed by atoms with Crippen molar-refractivity contribution in [2.24, 2.45) is 5.92 Å². The lowest BCUT2D eigenvalue weighted by molar-refractivity contribution is -0.122. The molecular formula is C19H16BrClN2O4. The SMILES string of the molecule is O=C(Nc1ccc(Br)cc1Cl)C1CC(=O)N(c2ccc3c(c2)OCCO3)C1. The van der Waals surface area contributed by atoms with Crippen LogP contribution in [0.25, 0.3) is 0 Å². The van der Waals surface area contributed by atoms with Gasteiger partial charge in [0, 0.05) is 29.2 Å². The molecule has 2 aliphatic rings. The summed E-state index contributed by atoms with van der Waals surface area (Å²) in [6, 6.07) is 10.6. The first kappa shape index (κ1) is 18.1. The summed E-state index contributed by atoms with van der Waals surface area (Å²) in [5.74, 6) is 0.490. The van der Waals surface area contributed by atoms with Crippen LogP contribution < -0.4 is 19.7 Å². The van der Waals surface area contributed by atoms with Crippen LogP contribution in [0.4, 0.5) is 11.4 Å². The summed E-state index contributed by atoms with van der Waals surface area (Å²) in [5, 5.41) is 3.24. The molecule has 1 fully saturated rings. The molecule has 0 aromatic heterocycles. The second-order valence-corrected chi connectivity index (χ2v) is 7.67. The summed E-state index contributed by atoms with van der Waals surface area (Å²) in [6.45, 7) is 1.29. The molecular weight excluding hydrogens is 436 g/mol. The minimum Gasteiger partial charge on any atom is -0.486 e. The van der Waals surface area contributed by atoms with Gasteiger partial charge in [-0.1, -0.05) is 27.5 Å². The van der Waals surface area contributed by atoms with E-state index < -0.39 is 5.92 Å². The Kier molecular flexibility index (Phi) is 4.97. The third kappa shape index (κ3) is 3.75. The monoisotopic (exact) mass is 450 g/mol. The largest absolute Gasteiger partial charge is 0.486 e. The number of amides is 2. The minimum atomic E-state index is -0.453. The lowest BCUT2D eigenvalue weighted by Gasteiger charge is -2.22. The fourth-order valence-corrected chi connectivity index (χ4v) is 3.88. The van der Waals surface area contributed by atoms with Crippen LogP contribution >= 0.6 is 27.5 Å². The molecule has 2 aliphatic heterocycles. The number of carbonyl (C=O) groups is 2. The van der Waals surface area contributed by atoms with E-state index in [2.05, 4.69) is 21.2 Å². The molecule has 0 saturated carbocycles. The van der Waals surface area contributed by atoms with Gasteiger partial charge in [0.1, 0.15) is 13.2 Å². The van der Waals surface area contributed by atoms with Crippen molar-refractivity contribution < 1.29 is 19.1 Å². The predicted molar refractivity (Wildman–Crippen MR) is 106 cm³/mol. The summed E-state index contributed by atoms with van der Waals surface area (Å²) in [5.41, 5.74) is 1.22. The summed E-state index contributed by atoms with van der Waals surface area (Å²) in [6.07, 6.45) is 0.147. The number of benzene rings is 2. The van der Waals surface area contributed by atoms with Gasteiger partial charge in [-0.2, -0.15) is 0 Å². The summed E-state index contributed by atoms with van der Waals surface area (Å²) < 4.78 is 11.9. The maximum absolute atomic E-state index is 12.6. The summed E-state index contributed by atoms with van der Waals surface area (Å²) in [7, 11) is 0. The van der Waals surface area contributed by atoms with Crippen LogP contribution in [0.15, 0.2) is 40.9 Å². The molecule has 2 amide bonds. The molecule has 2 aromatic carbocycles. The Morgan fingerprint density at radius 3 is 2.70 bits per heavy atom. The highest BCUT2D eigenvalue weighted by molar-refractivity contribution is 9.10. The summed E-state index contributed by atoms with van der Waals surface area (Å²) in [4.78, 5) is 26.7. The van der Waals surface area contributed by atoms with Crippen molar-refractivity contribution in [2.45, 2.75) is 6.42 Å². The van der Waals surface area contributed by atoms with Gasteiger partial charge in [0.15, 0.2) is 11.5 Å². The highest BCUT2D eigenvalue weighted by Crippen LogP contribution is 2.36. The van der Waals surface area contributed by atoms with Gasteiger partial charge in [0.25, 0.3) is 0 Å². The smallest absolute Gasteiger partial charge is 0.229 e. The molecule has 27 heavy (non-hydrogen) atoms. The molecule has 140 valence electrons. The first-order valence-corrected chi connectivity index (χ1v) is 9.64. The fourth-order valence-electron chi connectivity index (χ4n) is 3.16. The Hall–Kier alpha value is -2.25. The quantitative estimate of drug-likeness (QED) is 0.769. The van der Waals surface area contributed by atoms with Gasteiger partial charge in [0.05, 0.1) is 16.6 Å². The number of rotatable bonds is 3. The average Bonchev–Trinajstić information content (AvgIpc) is 3.05. The van der Waals surface area contributed by atoms with Crippen LogP contribution in [0.5, 0.6) is 11.5 Å². The van der Waals surface area contributed by atoms with Crippen molar-refractivity contribution in [3.63, 3.8) is 0 Å². The zero-order chi connectivity index (χ0) is 19.0. The van der Waals surface area contributed by atoms with Crippen molar-refractivity contribution in [1.82, 2.24) is 0 Å².